The van der Waals surface area contributed by atoms with E-state index in [0.29, 0.717) is 0 Å². The lowest BCUT2D eigenvalue weighted by Crippen LogP contribution is -2.14. The van der Waals surface area contributed by atoms with Crippen LogP contribution in [0.3, 0.4) is 0 Å². The van der Waals surface area contributed by atoms with Gasteiger partial charge in [0, 0.05) is 24.6 Å². The average molecular weight is 253 g/mol. The van der Waals surface area contributed by atoms with Gasteiger partial charge in [-0.1, -0.05) is 35.5 Å². The van der Waals surface area contributed by atoms with E-state index in [-0.39, 0.29) is 12.4 Å². The quantitative estimate of drug-likeness (QED) is 0.838. The zero-order valence-electron chi connectivity index (χ0n) is 10.1. The van der Waals surface area contributed by atoms with Crippen LogP contribution in [0.15, 0.2) is 40.9 Å². The Hall–Kier alpha value is -1.32. The van der Waals surface area contributed by atoms with Gasteiger partial charge in [0.05, 0.1) is 0 Å². The van der Waals surface area contributed by atoms with Crippen LogP contribution in [0.5, 0.6) is 0 Å². The predicted molar refractivity (Wildman–Crippen MR) is 71.4 cm³/mol. The summed E-state index contributed by atoms with van der Waals surface area (Å²) in [5, 5.41) is 4.07. The second-order valence-electron chi connectivity index (χ2n) is 4.10. The van der Waals surface area contributed by atoms with E-state index in [0.717, 1.165) is 30.0 Å². The van der Waals surface area contributed by atoms with E-state index in [4.69, 9.17) is 4.52 Å². The van der Waals surface area contributed by atoms with Crippen molar-refractivity contribution in [1.29, 1.82) is 0 Å². The largest absolute Gasteiger partial charge is 0.361 e. The van der Waals surface area contributed by atoms with Crippen molar-refractivity contribution in [1.82, 2.24) is 10.1 Å². The monoisotopic (exact) mass is 252 g/mol. The maximum Gasteiger partial charge on any atom is 0.138 e. The van der Waals surface area contributed by atoms with E-state index >= 15 is 0 Å². The first kappa shape index (κ1) is 13.7. The minimum absolute atomic E-state index is 0. The smallest absolute Gasteiger partial charge is 0.138 e. The number of halogens is 1. The van der Waals surface area contributed by atoms with Crippen LogP contribution in [0.2, 0.25) is 0 Å². The molecular formula is C13H17ClN2O. The third kappa shape index (κ3) is 3.88. The van der Waals surface area contributed by atoms with Crippen LogP contribution in [0, 0.1) is 0 Å². The molecule has 0 spiro atoms. The highest BCUT2D eigenvalue weighted by Gasteiger charge is 2.05. The average Bonchev–Trinajstić information content (AvgIpc) is 2.76. The van der Waals surface area contributed by atoms with Crippen LogP contribution in [-0.4, -0.2) is 30.7 Å². The highest BCUT2D eigenvalue weighted by Crippen LogP contribution is 2.18. The van der Waals surface area contributed by atoms with Gasteiger partial charge in [0.2, 0.25) is 0 Å². The zero-order chi connectivity index (χ0) is 11.4. The first-order valence-corrected chi connectivity index (χ1v) is 5.41. The molecule has 0 fully saturated rings. The summed E-state index contributed by atoms with van der Waals surface area (Å²) >= 11 is 0. The Morgan fingerprint density at radius 3 is 2.53 bits per heavy atom. The van der Waals surface area contributed by atoms with E-state index in [1.807, 2.05) is 36.4 Å². The summed E-state index contributed by atoms with van der Waals surface area (Å²) in [5.41, 5.74) is 2.01. The summed E-state index contributed by atoms with van der Waals surface area (Å²) in [4.78, 5) is 2.13. The number of hydrogen-bond acceptors (Lipinski definition) is 3. The van der Waals surface area contributed by atoms with Gasteiger partial charge in [-0.2, -0.15) is 0 Å². The zero-order valence-corrected chi connectivity index (χ0v) is 10.9. The van der Waals surface area contributed by atoms with Gasteiger partial charge in [-0.15, -0.1) is 12.4 Å². The molecule has 3 nitrogen and oxygen atoms in total. The molecule has 0 bridgehead atoms. The maximum absolute atomic E-state index is 5.29. The fourth-order valence-corrected chi connectivity index (χ4v) is 1.51. The highest BCUT2D eigenvalue weighted by molar-refractivity contribution is 5.85. The Labute approximate surface area is 108 Å². The van der Waals surface area contributed by atoms with Crippen LogP contribution in [-0.2, 0) is 6.42 Å². The summed E-state index contributed by atoms with van der Waals surface area (Å²) in [6.45, 7) is 0.976. The third-order valence-electron chi connectivity index (χ3n) is 2.43. The Morgan fingerprint density at radius 1 is 1.18 bits per heavy atom. The van der Waals surface area contributed by atoms with Gasteiger partial charge < -0.3 is 9.42 Å². The summed E-state index contributed by atoms with van der Waals surface area (Å²) < 4.78 is 5.29. The molecule has 0 aliphatic carbocycles. The van der Waals surface area contributed by atoms with Crippen LogP contribution in [0.25, 0.3) is 11.3 Å². The fraction of sp³-hybridized carbons (Fsp3) is 0.308. The van der Waals surface area contributed by atoms with E-state index < -0.39 is 0 Å². The van der Waals surface area contributed by atoms with Gasteiger partial charge in [-0.05, 0) is 14.1 Å². The minimum atomic E-state index is 0. The molecule has 2 rings (SSSR count). The van der Waals surface area contributed by atoms with Crippen LogP contribution in [0.4, 0.5) is 0 Å². The molecule has 1 aromatic carbocycles. The van der Waals surface area contributed by atoms with Crippen LogP contribution in [0.1, 0.15) is 5.76 Å². The molecule has 0 radical (unpaired) electrons. The Morgan fingerprint density at radius 2 is 1.88 bits per heavy atom. The summed E-state index contributed by atoms with van der Waals surface area (Å²) in [6.07, 6.45) is 0.896. The van der Waals surface area contributed by atoms with Gasteiger partial charge in [0.25, 0.3) is 0 Å². The van der Waals surface area contributed by atoms with Crippen molar-refractivity contribution in [3.05, 3.63) is 42.2 Å². The molecule has 0 aliphatic heterocycles. The van der Waals surface area contributed by atoms with Crippen molar-refractivity contribution < 1.29 is 4.52 Å². The number of rotatable bonds is 4. The number of nitrogens with zero attached hydrogens (tertiary/aromatic N) is 2. The molecule has 0 N–H and O–H groups in total. The van der Waals surface area contributed by atoms with Gasteiger partial charge in [-0.25, -0.2) is 0 Å². The molecule has 2 aromatic rings. The number of benzene rings is 1. The van der Waals surface area contributed by atoms with E-state index in [1.54, 1.807) is 0 Å². The van der Waals surface area contributed by atoms with Crippen molar-refractivity contribution in [3.63, 3.8) is 0 Å². The van der Waals surface area contributed by atoms with Gasteiger partial charge in [0.1, 0.15) is 11.5 Å². The molecule has 4 heteroatoms. The molecule has 1 aromatic heterocycles. The summed E-state index contributed by atoms with van der Waals surface area (Å²) in [5.74, 6) is 0.938. The van der Waals surface area contributed by atoms with E-state index in [2.05, 4.69) is 24.2 Å². The number of hydrogen-bond donors (Lipinski definition) is 0. The normalized spacial score (nSPS) is 10.3. The number of aromatic nitrogens is 1. The molecule has 0 aliphatic rings. The molecule has 0 saturated heterocycles. The van der Waals surface area contributed by atoms with Crippen molar-refractivity contribution in [2.45, 2.75) is 6.42 Å². The minimum Gasteiger partial charge on any atom is -0.361 e. The lowest BCUT2D eigenvalue weighted by atomic mass is 10.1. The predicted octanol–water partition coefficient (Wildman–Crippen LogP) is 2.87. The Kier molecular flexibility index (Phi) is 5.19. The molecule has 0 saturated carbocycles. The van der Waals surface area contributed by atoms with E-state index in [9.17, 15) is 0 Å². The summed E-state index contributed by atoms with van der Waals surface area (Å²) in [6, 6.07) is 12.1. The van der Waals surface area contributed by atoms with Crippen molar-refractivity contribution in [3.8, 4) is 11.3 Å². The third-order valence-corrected chi connectivity index (χ3v) is 2.43. The SMILES string of the molecule is CN(C)CCc1cc(-c2ccccc2)no1.Cl. The van der Waals surface area contributed by atoms with Gasteiger partial charge in [0.15, 0.2) is 0 Å². The molecule has 92 valence electrons. The lowest BCUT2D eigenvalue weighted by Gasteiger charge is -2.05. The molecule has 17 heavy (non-hydrogen) atoms. The topological polar surface area (TPSA) is 29.3 Å². The molecular weight excluding hydrogens is 236 g/mol. The molecule has 0 unspecified atom stereocenters. The summed E-state index contributed by atoms with van der Waals surface area (Å²) in [7, 11) is 4.10. The van der Waals surface area contributed by atoms with Crippen molar-refractivity contribution in [2.75, 3.05) is 20.6 Å². The molecule has 0 amide bonds. The number of likely N-dealkylation sites (N-methyl/N-ethyl adjacent to an activating group) is 1. The molecule has 1 heterocycles. The Bertz CT molecular complexity index is 440. The standard InChI is InChI=1S/C13H16N2O.ClH/c1-15(2)9-8-12-10-13(14-16-12)11-6-4-3-5-7-11;/h3-7,10H,8-9H2,1-2H3;1H. The highest BCUT2D eigenvalue weighted by atomic mass is 35.5. The Balaban J connectivity index is 0.00000144. The van der Waals surface area contributed by atoms with Crippen molar-refractivity contribution in [2.24, 2.45) is 0 Å². The van der Waals surface area contributed by atoms with E-state index in [1.165, 1.54) is 0 Å². The molecule has 0 atom stereocenters. The fourth-order valence-electron chi connectivity index (χ4n) is 1.51. The first-order valence-electron chi connectivity index (χ1n) is 5.41. The lowest BCUT2D eigenvalue weighted by molar-refractivity contribution is 0.350. The van der Waals surface area contributed by atoms with Gasteiger partial charge >= 0.3 is 0 Å². The maximum atomic E-state index is 5.29. The van der Waals surface area contributed by atoms with Gasteiger partial charge in [-0.3, -0.25) is 0 Å². The van der Waals surface area contributed by atoms with Crippen LogP contribution >= 0.6 is 12.4 Å². The second kappa shape index (κ2) is 6.42. The second-order valence-corrected chi connectivity index (χ2v) is 4.10. The first-order chi connectivity index (χ1) is 7.75. The van der Waals surface area contributed by atoms with Crippen molar-refractivity contribution >= 4 is 12.4 Å². The van der Waals surface area contributed by atoms with Crippen LogP contribution < -0.4 is 0 Å².